The molecule has 0 unspecified atom stereocenters. The molecular formula is C16H18LiNO5. The maximum atomic E-state index is 10.5. The summed E-state index contributed by atoms with van der Waals surface area (Å²) < 4.78 is 16.6. The molecule has 1 fully saturated rings. The van der Waals surface area contributed by atoms with E-state index in [-0.39, 0.29) is 18.9 Å². The fourth-order valence-electron chi connectivity index (χ4n) is 2.65. The van der Waals surface area contributed by atoms with E-state index in [1.54, 1.807) is 6.07 Å². The first-order valence-corrected chi connectivity index (χ1v) is 7.31. The van der Waals surface area contributed by atoms with Crippen molar-refractivity contribution in [2.75, 3.05) is 32.9 Å². The summed E-state index contributed by atoms with van der Waals surface area (Å²) in [6.07, 6.45) is 2.85. The quantitative estimate of drug-likeness (QED) is 0.561. The fraction of sp³-hybridized carbons (Fsp3) is 0.438. The first kappa shape index (κ1) is 17.7. The summed E-state index contributed by atoms with van der Waals surface area (Å²) in [4.78, 5) is 12.7. The molecule has 0 atom stereocenters. The molecule has 2 aliphatic heterocycles. The molecule has 0 spiro atoms. The number of carbonyl (C=O) groups is 1. The van der Waals surface area contributed by atoms with E-state index in [1.165, 1.54) is 0 Å². The minimum absolute atomic E-state index is 0. The van der Waals surface area contributed by atoms with Gasteiger partial charge in [0, 0.05) is 18.7 Å². The van der Waals surface area contributed by atoms with Crippen molar-refractivity contribution in [1.82, 2.24) is 4.90 Å². The van der Waals surface area contributed by atoms with Crippen molar-refractivity contribution < 1.29 is 43.0 Å². The van der Waals surface area contributed by atoms with Crippen LogP contribution >= 0.6 is 0 Å². The summed E-state index contributed by atoms with van der Waals surface area (Å²) in [6.45, 7) is 4.41. The van der Waals surface area contributed by atoms with E-state index in [0.29, 0.717) is 19.0 Å². The van der Waals surface area contributed by atoms with E-state index in [2.05, 4.69) is 11.0 Å². The van der Waals surface area contributed by atoms with Gasteiger partial charge in [0.05, 0.1) is 19.2 Å². The maximum Gasteiger partial charge on any atom is 1.00 e. The maximum absolute atomic E-state index is 10.5. The molecule has 7 heteroatoms. The number of ether oxygens (including phenoxy) is 3. The molecule has 2 heterocycles. The zero-order valence-corrected chi connectivity index (χ0v) is 13.5. The van der Waals surface area contributed by atoms with Gasteiger partial charge in [-0.1, -0.05) is 6.07 Å². The van der Waals surface area contributed by atoms with Crippen LogP contribution in [0, 0.1) is 6.92 Å². The monoisotopic (exact) mass is 311 g/mol. The normalized spacial score (nSPS) is 16.6. The SMILES string of the molecule is Cc1c(OCC(=O)[O-])ccc2c1OC(N1CCOCC1)=CC2.[Li+]. The van der Waals surface area contributed by atoms with Crippen LogP contribution in [0.2, 0.25) is 0 Å². The van der Waals surface area contributed by atoms with Gasteiger partial charge in [-0.2, -0.15) is 0 Å². The zero-order valence-electron chi connectivity index (χ0n) is 13.5. The molecule has 0 amide bonds. The Hall–Kier alpha value is -1.61. The molecular weight excluding hydrogens is 293 g/mol. The Kier molecular flexibility index (Phi) is 6.00. The van der Waals surface area contributed by atoms with Gasteiger partial charge in [-0.15, -0.1) is 0 Å². The predicted molar refractivity (Wildman–Crippen MR) is 76.5 cm³/mol. The van der Waals surface area contributed by atoms with Crippen LogP contribution in [0.1, 0.15) is 11.1 Å². The standard InChI is InChI=1S/C16H19NO5.Li/c1-11-13(21-10-15(18)19)4-2-12-3-5-14(22-16(11)12)17-6-8-20-9-7-17;/h2,4-5H,3,6-10H2,1H3,(H,18,19);/q;+1/p-1. The van der Waals surface area contributed by atoms with Gasteiger partial charge in [0.2, 0.25) is 0 Å². The van der Waals surface area contributed by atoms with E-state index in [4.69, 9.17) is 14.2 Å². The molecule has 0 saturated carbocycles. The van der Waals surface area contributed by atoms with Crippen molar-refractivity contribution in [1.29, 1.82) is 0 Å². The van der Waals surface area contributed by atoms with Crippen LogP contribution in [-0.2, 0) is 16.0 Å². The average Bonchev–Trinajstić information content (AvgIpc) is 2.55. The van der Waals surface area contributed by atoms with E-state index in [9.17, 15) is 9.90 Å². The summed E-state index contributed by atoms with van der Waals surface area (Å²) in [5.41, 5.74) is 1.87. The third-order valence-corrected chi connectivity index (χ3v) is 3.81. The predicted octanol–water partition coefficient (Wildman–Crippen LogP) is -2.76. The molecule has 1 saturated heterocycles. The number of morpholine rings is 1. The van der Waals surface area contributed by atoms with E-state index >= 15 is 0 Å². The van der Waals surface area contributed by atoms with Crippen LogP contribution in [0.4, 0.5) is 0 Å². The third kappa shape index (κ3) is 4.02. The Bertz CT molecular complexity index is 611. The van der Waals surface area contributed by atoms with Crippen LogP contribution in [0.5, 0.6) is 11.5 Å². The number of benzene rings is 1. The number of allylic oxidation sites excluding steroid dienone is 1. The molecule has 0 N–H and O–H groups in total. The smallest absolute Gasteiger partial charge is 0.546 e. The number of rotatable bonds is 4. The number of carboxylic acids is 1. The number of nitrogens with zero attached hydrogens (tertiary/aromatic N) is 1. The first-order chi connectivity index (χ1) is 10.6. The second kappa shape index (κ2) is 7.78. The van der Waals surface area contributed by atoms with Gasteiger partial charge >= 0.3 is 18.9 Å². The first-order valence-electron chi connectivity index (χ1n) is 7.31. The van der Waals surface area contributed by atoms with Gasteiger partial charge in [-0.3, -0.25) is 0 Å². The number of aliphatic carboxylic acids is 1. The Morgan fingerprint density at radius 1 is 1.35 bits per heavy atom. The van der Waals surface area contributed by atoms with E-state index in [1.807, 2.05) is 13.0 Å². The molecule has 0 aliphatic carbocycles. The Morgan fingerprint density at radius 3 is 2.78 bits per heavy atom. The number of carboxylic acid groups (broad SMARTS) is 1. The van der Waals surface area contributed by atoms with Gasteiger partial charge in [0.25, 0.3) is 0 Å². The molecule has 6 nitrogen and oxygen atoms in total. The molecule has 2 aliphatic rings. The van der Waals surface area contributed by atoms with Gasteiger partial charge in [0.1, 0.15) is 18.1 Å². The molecule has 118 valence electrons. The second-order valence-electron chi connectivity index (χ2n) is 5.29. The van der Waals surface area contributed by atoms with Crippen molar-refractivity contribution >= 4 is 5.97 Å². The Labute approximate surface area is 147 Å². The zero-order chi connectivity index (χ0) is 15.5. The van der Waals surface area contributed by atoms with Gasteiger partial charge in [-0.25, -0.2) is 0 Å². The van der Waals surface area contributed by atoms with E-state index in [0.717, 1.165) is 42.3 Å². The van der Waals surface area contributed by atoms with Crippen molar-refractivity contribution in [2.24, 2.45) is 0 Å². The Morgan fingerprint density at radius 2 is 2.09 bits per heavy atom. The molecule has 0 bridgehead atoms. The van der Waals surface area contributed by atoms with Crippen LogP contribution in [0.15, 0.2) is 24.1 Å². The molecule has 23 heavy (non-hydrogen) atoms. The molecule has 0 radical (unpaired) electrons. The van der Waals surface area contributed by atoms with Crippen molar-refractivity contribution in [3.8, 4) is 11.5 Å². The summed E-state index contributed by atoms with van der Waals surface area (Å²) in [5, 5.41) is 10.5. The number of hydrogen-bond donors (Lipinski definition) is 0. The minimum Gasteiger partial charge on any atom is -0.546 e. The molecule has 1 aromatic rings. The molecule has 3 rings (SSSR count). The van der Waals surface area contributed by atoms with Crippen LogP contribution in [0.3, 0.4) is 0 Å². The second-order valence-corrected chi connectivity index (χ2v) is 5.29. The van der Waals surface area contributed by atoms with Crippen LogP contribution in [0.25, 0.3) is 0 Å². The average molecular weight is 311 g/mol. The van der Waals surface area contributed by atoms with Gasteiger partial charge in [0.15, 0.2) is 5.88 Å². The minimum atomic E-state index is -1.24. The summed E-state index contributed by atoms with van der Waals surface area (Å²) >= 11 is 0. The van der Waals surface area contributed by atoms with Crippen LogP contribution < -0.4 is 33.4 Å². The summed E-state index contributed by atoms with van der Waals surface area (Å²) in [7, 11) is 0. The van der Waals surface area contributed by atoms with Gasteiger partial charge in [-0.05, 0) is 31.1 Å². The van der Waals surface area contributed by atoms with Crippen molar-refractivity contribution in [2.45, 2.75) is 13.3 Å². The van der Waals surface area contributed by atoms with Crippen LogP contribution in [-0.4, -0.2) is 43.8 Å². The van der Waals surface area contributed by atoms with Gasteiger partial charge < -0.3 is 29.0 Å². The summed E-state index contributed by atoms with van der Waals surface area (Å²) in [6, 6.07) is 3.67. The van der Waals surface area contributed by atoms with Crippen molar-refractivity contribution in [3.05, 3.63) is 35.2 Å². The van der Waals surface area contributed by atoms with E-state index < -0.39 is 12.6 Å². The number of fused-ring (bicyclic) bond motifs is 1. The molecule has 0 aromatic heterocycles. The fourth-order valence-corrected chi connectivity index (χ4v) is 2.65. The Balaban J connectivity index is 0.00000192. The third-order valence-electron chi connectivity index (χ3n) is 3.81. The van der Waals surface area contributed by atoms with Crippen molar-refractivity contribution in [3.63, 3.8) is 0 Å². The largest absolute Gasteiger partial charge is 1.00 e. The number of carbonyl (C=O) groups excluding carboxylic acids is 1. The number of hydrogen-bond acceptors (Lipinski definition) is 6. The summed E-state index contributed by atoms with van der Waals surface area (Å²) in [5.74, 6) is 0.842. The topological polar surface area (TPSA) is 71.1 Å². The molecule has 1 aromatic carbocycles.